The topological polar surface area (TPSA) is 99.4 Å². The fraction of sp³-hybridized carbons (Fsp3) is 0.333. The van der Waals surface area contributed by atoms with Gasteiger partial charge in [0.25, 0.3) is 11.5 Å². The van der Waals surface area contributed by atoms with E-state index in [1.165, 1.54) is 15.9 Å². The maximum atomic E-state index is 13.8. The van der Waals surface area contributed by atoms with Crippen molar-refractivity contribution in [2.45, 2.75) is 32.7 Å². The van der Waals surface area contributed by atoms with Crippen LogP contribution < -0.4 is 24.4 Å². The summed E-state index contributed by atoms with van der Waals surface area (Å²) in [7, 11) is 1.55. The van der Waals surface area contributed by atoms with Gasteiger partial charge in [0.2, 0.25) is 0 Å². The number of carbonyl (C=O) groups excluding carboxylic acids is 2. The van der Waals surface area contributed by atoms with Crippen LogP contribution in [0.25, 0.3) is 6.08 Å². The third-order valence-electron chi connectivity index (χ3n) is 6.95. The van der Waals surface area contributed by atoms with E-state index in [9.17, 15) is 14.4 Å². The Labute approximate surface area is 235 Å². The SMILES string of the molecule is CCOC(=O)C1=C(C)N=c2s/c(=C/c3ccc(OCC(=O)N4CCCC4)cc3)c(=O)n2[C@H]1c1ccccc1OC. The maximum Gasteiger partial charge on any atom is 0.338 e. The molecule has 5 rings (SSSR count). The Hall–Kier alpha value is -4.18. The molecular formula is C30H31N3O6S. The van der Waals surface area contributed by atoms with Gasteiger partial charge in [0, 0.05) is 18.7 Å². The first-order valence-corrected chi connectivity index (χ1v) is 14.1. The van der Waals surface area contributed by atoms with Crippen LogP contribution in [0.3, 0.4) is 0 Å². The second-order valence-corrected chi connectivity index (χ2v) is 10.5. The standard InChI is InChI=1S/C30H31N3O6S/c1-4-38-29(36)26-19(2)31-30-33(27(26)22-9-5-6-10-23(22)37-3)28(35)24(40-30)17-20-11-13-21(14-12-20)39-18-25(34)32-15-7-8-16-32/h5-6,9-14,17,27H,4,7-8,15-16,18H2,1-3H3/b24-17+/t27-/m0/s1. The van der Waals surface area contributed by atoms with Crippen LogP contribution in [0.5, 0.6) is 11.5 Å². The van der Waals surface area contributed by atoms with Crippen molar-refractivity contribution in [2.75, 3.05) is 33.4 Å². The predicted molar refractivity (Wildman–Crippen MR) is 151 cm³/mol. The number of likely N-dealkylation sites (tertiary alicyclic amines) is 1. The molecule has 2 aromatic carbocycles. The third-order valence-corrected chi connectivity index (χ3v) is 7.93. The lowest BCUT2D eigenvalue weighted by atomic mass is 9.95. The van der Waals surface area contributed by atoms with E-state index in [2.05, 4.69) is 4.99 Å². The number of rotatable bonds is 8. The first-order valence-electron chi connectivity index (χ1n) is 13.2. The summed E-state index contributed by atoms with van der Waals surface area (Å²) in [5, 5.41) is 0. The number of carbonyl (C=O) groups is 2. The average Bonchev–Trinajstić information content (AvgIpc) is 3.60. The minimum Gasteiger partial charge on any atom is -0.496 e. The highest BCUT2D eigenvalue weighted by Crippen LogP contribution is 2.35. The Balaban J connectivity index is 1.49. The van der Waals surface area contributed by atoms with Crippen LogP contribution in [0, 0.1) is 0 Å². The number of amides is 1. The van der Waals surface area contributed by atoms with Crippen molar-refractivity contribution in [3.8, 4) is 11.5 Å². The zero-order chi connectivity index (χ0) is 28.2. The van der Waals surface area contributed by atoms with Crippen LogP contribution in [0.2, 0.25) is 0 Å². The van der Waals surface area contributed by atoms with Crippen molar-refractivity contribution in [1.29, 1.82) is 0 Å². The van der Waals surface area contributed by atoms with Gasteiger partial charge in [0.15, 0.2) is 11.4 Å². The fourth-order valence-electron chi connectivity index (χ4n) is 4.99. The maximum absolute atomic E-state index is 13.8. The molecule has 2 aliphatic heterocycles. The van der Waals surface area contributed by atoms with Crippen molar-refractivity contribution in [3.05, 3.63) is 90.6 Å². The molecule has 40 heavy (non-hydrogen) atoms. The van der Waals surface area contributed by atoms with E-state index >= 15 is 0 Å². The van der Waals surface area contributed by atoms with Crippen molar-refractivity contribution in [1.82, 2.24) is 9.47 Å². The Morgan fingerprint density at radius 3 is 2.52 bits per heavy atom. The molecule has 1 saturated heterocycles. The Morgan fingerprint density at radius 1 is 1.10 bits per heavy atom. The summed E-state index contributed by atoms with van der Waals surface area (Å²) in [4.78, 5) is 46.1. The normalized spacial score (nSPS) is 16.9. The number of para-hydroxylation sites is 1. The van der Waals surface area contributed by atoms with Crippen LogP contribution in [0.15, 0.2) is 69.6 Å². The second kappa shape index (κ2) is 11.9. The largest absolute Gasteiger partial charge is 0.496 e. The van der Waals surface area contributed by atoms with Gasteiger partial charge >= 0.3 is 5.97 Å². The highest BCUT2D eigenvalue weighted by Gasteiger charge is 2.35. The van der Waals surface area contributed by atoms with Crippen LogP contribution >= 0.6 is 11.3 Å². The highest BCUT2D eigenvalue weighted by molar-refractivity contribution is 7.07. The molecule has 0 saturated carbocycles. The summed E-state index contributed by atoms with van der Waals surface area (Å²) in [6.45, 7) is 5.27. The number of thiazole rings is 1. The van der Waals surface area contributed by atoms with Crippen LogP contribution in [0.1, 0.15) is 43.9 Å². The lowest BCUT2D eigenvalue weighted by molar-refractivity contribution is -0.139. The number of hydrogen-bond donors (Lipinski definition) is 0. The van der Waals surface area contributed by atoms with E-state index in [0.29, 0.717) is 37.7 Å². The average molecular weight is 562 g/mol. The number of nitrogens with zero attached hydrogens (tertiary/aromatic N) is 3. The summed E-state index contributed by atoms with van der Waals surface area (Å²) in [5.41, 5.74) is 1.98. The zero-order valence-electron chi connectivity index (χ0n) is 22.7. The summed E-state index contributed by atoms with van der Waals surface area (Å²) in [6.07, 6.45) is 3.86. The smallest absolute Gasteiger partial charge is 0.338 e. The predicted octanol–water partition coefficient (Wildman–Crippen LogP) is 2.81. The first-order chi connectivity index (χ1) is 19.4. The van der Waals surface area contributed by atoms with E-state index in [1.807, 2.05) is 35.2 Å². The van der Waals surface area contributed by atoms with Gasteiger partial charge < -0.3 is 19.1 Å². The lowest BCUT2D eigenvalue weighted by Crippen LogP contribution is -2.40. The van der Waals surface area contributed by atoms with Crippen LogP contribution in [0.4, 0.5) is 0 Å². The molecule has 2 aliphatic rings. The number of allylic oxidation sites excluding steroid dienone is 1. The zero-order valence-corrected chi connectivity index (χ0v) is 23.5. The first kappa shape index (κ1) is 27.4. The molecule has 208 valence electrons. The fourth-order valence-corrected chi connectivity index (χ4v) is 6.04. The number of methoxy groups -OCH3 is 1. The number of fused-ring (bicyclic) bond motifs is 1. The number of aromatic nitrogens is 1. The van der Waals surface area contributed by atoms with Gasteiger partial charge in [0.1, 0.15) is 17.5 Å². The van der Waals surface area contributed by atoms with Gasteiger partial charge in [-0.05, 0) is 56.5 Å². The molecule has 9 nitrogen and oxygen atoms in total. The molecule has 1 atom stereocenters. The van der Waals surface area contributed by atoms with Gasteiger partial charge in [-0.3, -0.25) is 14.2 Å². The summed E-state index contributed by atoms with van der Waals surface area (Å²) in [5.74, 6) is 0.604. The monoisotopic (exact) mass is 561 g/mol. The van der Waals surface area contributed by atoms with Crippen LogP contribution in [-0.4, -0.2) is 54.8 Å². The van der Waals surface area contributed by atoms with Crippen LogP contribution in [-0.2, 0) is 14.3 Å². The Bertz CT molecular complexity index is 1630. The summed E-state index contributed by atoms with van der Waals surface area (Å²) in [6, 6.07) is 13.8. The molecule has 3 heterocycles. The number of hydrogen-bond acceptors (Lipinski definition) is 8. The molecular weight excluding hydrogens is 530 g/mol. The van der Waals surface area contributed by atoms with Crippen molar-refractivity contribution in [2.24, 2.45) is 4.99 Å². The number of esters is 1. The molecule has 1 fully saturated rings. The van der Waals surface area contributed by atoms with Gasteiger partial charge in [-0.2, -0.15) is 0 Å². The summed E-state index contributed by atoms with van der Waals surface area (Å²) >= 11 is 1.25. The molecule has 0 radical (unpaired) electrons. The van der Waals surface area contributed by atoms with Gasteiger partial charge in [-0.15, -0.1) is 0 Å². The molecule has 10 heteroatoms. The highest BCUT2D eigenvalue weighted by atomic mass is 32.1. The number of benzene rings is 2. The van der Waals surface area contributed by atoms with Gasteiger partial charge in [-0.1, -0.05) is 41.7 Å². The van der Waals surface area contributed by atoms with E-state index in [-0.39, 0.29) is 24.7 Å². The van der Waals surface area contributed by atoms with Crippen molar-refractivity contribution in [3.63, 3.8) is 0 Å². The Morgan fingerprint density at radius 2 is 1.82 bits per heavy atom. The molecule has 0 spiro atoms. The molecule has 0 bridgehead atoms. The minimum atomic E-state index is -0.752. The van der Waals surface area contributed by atoms with E-state index < -0.39 is 12.0 Å². The molecule has 1 amide bonds. The minimum absolute atomic E-state index is 0.00302. The second-order valence-electron chi connectivity index (χ2n) is 9.49. The van der Waals surface area contributed by atoms with E-state index in [4.69, 9.17) is 14.2 Å². The molecule has 1 aromatic heterocycles. The van der Waals surface area contributed by atoms with E-state index in [1.54, 1.807) is 45.2 Å². The molecule has 0 aliphatic carbocycles. The van der Waals surface area contributed by atoms with E-state index in [0.717, 1.165) is 31.5 Å². The molecule has 3 aromatic rings. The third kappa shape index (κ3) is 5.44. The van der Waals surface area contributed by atoms with Crippen molar-refractivity contribution >= 4 is 29.3 Å². The Kier molecular flexibility index (Phi) is 8.16. The lowest BCUT2D eigenvalue weighted by Gasteiger charge is -2.25. The number of ether oxygens (including phenoxy) is 3. The summed E-state index contributed by atoms with van der Waals surface area (Å²) < 4.78 is 18.6. The van der Waals surface area contributed by atoms with Gasteiger partial charge in [-0.25, -0.2) is 9.79 Å². The van der Waals surface area contributed by atoms with Gasteiger partial charge in [0.05, 0.1) is 29.5 Å². The van der Waals surface area contributed by atoms with Crippen molar-refractivity contribution < 1.29 is 23.8 Å². The quantitative estimate of drug-likeness (QED) is 0.392. The molecule has 0 N–H and O–H groups in total. The molecule has 0 unspecified atom stereocenters.